The Labute approximate surface area is 158 Å². The molecular formula is C17H24N4O3S2. The largest absolute Gasteiger partial charge is 0.300 e. The molecule has 142 valence electrons. The molecule has 0 atom stereocenters. The summed E-state index contributed by atoms with van der Waals surface area (Å²) in [6, 6.07) is 9.63. The van der Waals surface area contributed by atoms with Crippen molar-refractivity contribution in [3.8, 4) is 0 Å². The molecule has 7 nitrogen and oxygen atoms in total. The first-order valence-corrected chi connectivity index (χ1v) is 10.4. The summed E-state index contributed by atoms with van der Waals surface area (Å²) in [5.74, 6) is -0.255. The highest BCUT2D eigenvalue weighted by Gasteiger charge is 2.30. The van der Waals surface area contributed by atoms with Crippen LogP contribution in [0.3, 0.4) is 0 Å². The first-order valence-electron chi connectivity index (χ1n) is 8.12. The molecular weight excluding hydrogens is 372 g/mol. The summed E-state index contributed by atoms with van der Waals surface area (Å²) in [6.07, 6.45) is 0.527. The zero-order valence-electron chi connectivity index (χ0n) is 15.5. The van der Waals surface area contributed by atoms with Crippen LogP contribution in [0.1, 0.15) is 40.2 Å². The zero-order chi connectivity index (χ0) is 19.6. The molecule has 26 heavy (non-hydrogen) atoms. The van der Waals surface area contributed by atoms with Crippen molar-refractivity contribution in [1.29, 1.82) is 0 Å². The number of carbonyl (C=O) groups excluding carboxylic acids is 1. The third kappa shape index (κ3) is 5.58. The van der Waals surface area contributed by atoms with Crippen LogP contribution in [0.25, 0.3) is 0 Å². The van der Waals surface area contributed by atoms with Crippen molar-refractivity contribution in [1.82, 2.24) is 14.9 Å². The van der Waals surface area contributed by atoms with E-state index in [4.69, 9.17) is 0 Å². The van der Waals surface area contributed by atoms with Gasteiger partial charge in [-0.05, 0) is 25.8 Å². The third-order valence-electron chi connectivity index (χ3n) is 3.44. The predicted octanol–water partition coefficient (Wildman–Crippen LogP) is 2.82. The number of aromatic nitrogens is 2. The van der Waals surface area contributed by atoms with E-state index in [9.17, 15) is 13.2 Å². The molecule has 0 unspecified atom stereocenters. The van der Waals surface area contributed by atoms with Crippen LogP contribution in [0, 0.1) is 5.41 Å². The zero-order valence-corrected chi connectivity index (χ0v) is 17.2. The fraction of sp³-hybridized carbons (Fsp3) is 0.471. The van der Waals surface area contributed by atoms with E-state index in [0.29, 0.717) is 6.42 Å². The molecule has 1 heterocycles. The van der Waals surface area contributed by atoms with E-state index < -0.39 is 21.0 Å². The van der Waals surface area contributed by atoms with E-state index in [1.807, 2.05) is 30.3 Å². The Morgan fingerprint density at radius 2 is 1.69 bits per heavy atom. The lowest BCUT2D eigenvalue weighted by atomic mass is 9.96. The maximum Gasteiger partial charge on any atom is 0.270 e. The van der Waals surface area contributed by atoms with Gasteiger partial charge < -0.3 is 5.32 Å². The SMILES string of the molecule is CC(C)(Cc1ccccc1)NS(=O)(=O)c1nnc(NC(=O)C(C)(C)C)s1. The van der Waals surface area contributed by atoms with Gasteiger partial charge in [-0.15, -0.1) is 10.2 Å². The van der Waals surface area contributed by atoms with Crippen molar-refractivity contribution in [3.63, 3.8) is 0 Å². The molecule has 1 aromatic heterocycles. The number of nitrogens with one attached hydrogen (secondary N) is 2. The minimum absolute atomic E-state index is 0.158. The number of hydrogen-bond acceptors (Lipinski definition) is 6. The summed E-state index contributed by atoms with van der Waals surface area (Å²) in [5, 5.41) is 10.2. The van der Waals surface area contributed by atoms with Crippen LogP contribution < -0.4 is 10.0 Å². The van der Waals surface area contributed by atoms with E-state index in [1.165, 1.54) is 0 Å². The average Bonchev–Trinajstić information content (AvgIpc) is 2.95. The lowest BCUT2D eigenvalue weighted by Crippen LogP contribution is -2.44. The van der Waals surface area contributed by atoms with Crippen molar-refractivity contribution >= 4 is 32.4 Å². The topological polar surface area (TPSA) is 101 Å². The molecule has 1 amide bonds. The van der Waals surface area contributed by atoms with Crippen molar-refractivity contribution in [3.05, 3.63) is 35.9 Å². The molecule has 9 heteroatoms. The molecule has 0 aliphatic rings. The standard InChI is InChI=1S/C17H24N4O3S2/c1-16(2,3)13(22)18-14-19-20-15(25-14)26(23,24)21-17(4,5)11-12-9-7-6-8-10-12/h6-10,21H,11H2,1-5H3,(H,18,19,22). The Balaban J connectivity index is 2.11. The predicted molar refractivity (Wildman–Crippen MR) is 103 cm³/mol. The van der Waals surface area contributed by atoms with Crippen molar-refractivity contribution < 1.29 is 13.2 Å². The summed E-state index contributed by atoms with van der Waals surface area (Å²) >= 11 is 0.827. The first-order chi connectivity index (χ1) is 11.9. The molecule has 2 aromatic rings. The van der Waals surface area contributed by atoms with Crippen LogP contribution in [0.5, 0.6) is 0 Å². The van der Waals surface area contributed by atoms with E-state index in [1.54, 1.807) is 34.6 Å². The van der Waals surface area contributed by atoms with Crippen LogP contribution in [0.4, 0.5) is 5.13 Å². The summed E-state index contributed by atoms with van der Waals surface area (Å²) in [5.41, 5.74) is -0.294. The number of rotatable bonds is 6. The van der Waals surface area contributed by atoms with Gasteiger partial charge in [0.2, 0.25) is 15.4 Å². The van der Waals surface area contributed by atoms with Gasteiger partial charge in [-0.25, -0.2) is 13.1 Å². The Hall–Kier alpha value is -1.84. The van der Waals surface area contributed by atoms with Gasteiger partial charge in [-0.2, -0.15) is 0 Å². The van der Waals surface area contributed by atoms with E-state index >= 15 is 0 Å². The first kappa shape index (κ1) is 20.5. The second-order valence-corrected chi connectivity index (χ2v) is 10.6. The maximum absolute atomic E-state index is 12.6. The van der Waals surface area contributed by atoms with Gasteiger partial charge in [0, 0.05) is 11.0 Å². The Morgan fingerprint density at radius 1 is 1.08 bits per heavy atom. The maximum atomic E-state index is 12.6. The number of nitrogens with zero attached hydrogens (tertiary/aromatic N) is 2. The lowest BCUT2D eigenvalue weighted by molar-refractivity contribution is -0.123. The molecule has 0 saturated heterocycles. The number of anilines is 1. The van der Waals surface area contributed by atoms with E-state index in [-0.39, 0.29) is 15.4 Å². The highest BCUT2D eigenvalue weighted by atomic mass is 32.2. The molecule has 2 rings (SSSR count). The minimum atomic E-state index is -3.84. The number of carbonyl (C=O) groups is 1. The van der Waals surface area contributed by atoms with Crippen LogP contribution >= 0.6 is 11.3 Å². The van der Waals surface area contributed by atoms with E-state index in [2.05, 4.69) is 20.2 Å². The Kier molecular flexibility index (Phi) is 5.84. The van der Waals surface area contributed by atoms with E-state index in [0.717, 1.165) is 16.9 Å². The highest BCUT2D eigenvalue weighted by Crippen LogP contribution is 2.24. The van der Waals surface area contributed by atoms with Gasteiger partial charge in [0.05, 0.1) is 0 Å². The summed E-state index contributed by atoms with van der Waals surface area (Å²) in [6.45, 7) is 8.89. The summed E-state index contributed by atoms with van der Waals surface area (Å²) in [7, 11) is -3.84. The molecule has 0 radical (unpaired) electrons. The van der Waals surface area contributed by atoms with Gasteiger partial charge in [-0.3, -0.25) is 4.79 Å². The summed E-state index contributed by atoms with van der Waals surface area (Å²) in [4.78, 5) is 12.0. The number of sulfonamides is 1. The monoisotopic (exact) mass is 396 g/mol. The fourth-order valence-electron chi connectivity index (χ4n) is 2.20. The molecule has 0 aliphatic heterocycles. The van der Waals surface area contributed by atoms with Crippen LogP contribution in [0.2, 0.25) is 0 Å². The number of amides is 1. The molecule has 1 aromatic carbocycles. The number of hydrogen-bond donors (Lipinski definition) is 2. The highest BCUT2D eigenvalue weighted by molar-refractivity contribution is 7.91. The summed E-state index contributed by atoms with van der Waals surface area (Å²) < 4.78 is 27.7. The van der Waals surface area contributed by atoms with Crippen molar-refractivity contribution in [2.24, 2.45) is 5.41 Å². The second-order valence-electron chi connectivity index (χ2n) is 7.73. The molecule has 0 spiro atoms. The molecule has 0 bridgehead atoms. The van der Waals surface area contributed by atoms with Gasteiger partial charge in [0.1, 0.15) is 0 Å². The van der Waals surface area contributed by atoms with Gasteiger partial charge in [0.15, 0.2) is 0 Å². The van der Waals surface area contributed by atoms with Gasteiger partial charge in [0.25, 0.3) is 10.0 Å². The third-order valence-corrected chi connectivity index (χ3v) is 6.34. The quantitative estimate of drug-likeness (QED) is 0.731. The van der Waals surface area contributed by atoms with Gasteiger partial charge in [-0.1, -0.05) is 62.4 Å². The molecule has 0 fully saturated rings. The minimum Gasteiger partial charge on any atom is -0.300 e. The van der Waals surface area contributed by atoms with Crippen LogP contribution in [-0.4, -0.2) is 30.1 Å². The second kappa shape index (κ2) is 7.42. The molecule has 0 aliphatic carbocycles. The normalized spacial score (nSPS) is 12.8. The van der Waals surface area contributed by atoms with Crippen molar-refractivity contribution in [2.45, 2.75) is 50.9 Å². The Bertz CT molecular complexity index is 869. The average molecular weight is 397 g/mol. The van der Waals surface area contributed by atoms with Crippen LogP contribution in [0.15, 0.2) is 34.7 Å². The molecule has 2 N–H and O–H groups in total. The lowest BCUT2D eigenvalue weighted by Gasteiger charge is -2.25. The van der Waals surface area contributed by atoms with Crippen molar-refractivity contribution in [2.75, 3.05) is 5.32 Å². The Morgan fingerprint density at radius 3 is 2.27 bits per heavy atom. The number of benzene rings is 1. The van der Waals surface area contributed by atoms with Gasteiger partial charge >= 0.3 is 0 Å². The smallest absolute Gasteiger partial charge is 0.270 e. The molecule has 0 saturated carbocycles. The fourth-order valence-corrected chi connectivity index (χ4v) is 4.51. The van der Waals surface area contributed by atoms with Crippen LogP contribution in [-0.2, 0) is 21.2 Å².